The summed E-state index contributed by atoms with van der Waals surface area (Å²) in [7, 11) is 0. The summed E-state index contributed by atoms with van der Waals surface area (Å²) in [4.78, 5) is 35.3. The maximum atomic E-state index is 12.8. The van der Waals surface area contributed by atoms with Crippen LogP contribution in [0.2, 0.25) is 0 Å². The Hall–Kier alpha value is -2.15. The predicted molar refractivity (Wildman–Crippen MR) is 108 cm³/mol. The van der Waals surface area contributed by atoms with Gasteiger partial charge in [-0.3, -0.25) is 4.79 Å². The van der Waals surface area contributed by atoms with Crippen molar-refractivity contribution in [1.82, 2.24) is 5.32 Å². The van der Waals surface area contributed by atoms with Gasteiger partial charge in [-0.05, 0) is 46.0 Å². The van der Waals surface area contributed by atoms with Crippen molar-refractivity contribution >= 4 is 17.8 Å². The van der Waals surface area contributed by atoms with Gasteiger partial charge in [0.05, 0.1) is 12.1 Å². The summed E-state index contributed by atoms with van der Waals surface area (Å²) >= 11 is 0. The molecule has 0 aromatic rings. The number of carbonyl (C=O) groups is 3. The fourth-order valence-corrected chi connectivity index (χ4v) is 2.19. The Labute approximate surface area is 168 Å². The Morgan fingerprint density at radius 3 is 2.11 bits per heavy atom. The van der Waals surface area contributed by atoms with E-state index < -0.39 is 23.1 Å². The van der Waals surface area contributed by atoms with Crippen LogP contribution in [0.25, 0.3) is 0 Å². The Morgan fingerprint density at radius 2 is 1.57 bits per heavy atom. The van der Waals surface area contributed by atoms with Gasteiger partial charge in [-0.2, -0.15) is 0 Å². The van der Waals surface area contributed by atoms with Crippen LogP contribution in [0.4, 0.5) is 0 Å². The highest BCUT2D eigenvalue weighted by molar-refractivity contribution is 5.85. The summed E-state index contributed by atoms with van der Waals surface area (Å²) in [6.45, 7) is 16.6. The molecule has 0 aliphatic rings. The summed E-state index contributed by atoms with van der Waals surface area (Å²) in [5.74, 6) is -0.924. The van der Waals surface area contributed by atoms with E-state index in [9.17, 15) is 14.4 Å². The van der Waals surface area contributed by atoms with Gasteiger partial charge in [0.25, 0.3) is 5.91 Å². The molecule has 0 heterocycles. The van der Waals surface area contributed by atoms with Gasteiger partial charge in [-0.25, -0.2) is 9.59 Å². The average molecular weight is 398 g/mol. The molecule has 7 nitrogen and oxygen atoms in total. The summed E-state index contributed by atoms with van der Waals surface area (Å²) in [6, 6.07) is 0. The molecule has 0 aliphatic carbocycles. The van der Waals surface area contributed by atoms with Gasteiger partial charge in [0.1, 0.15) is 12.2 Å². The molecule has 0 aliphatic heterocycles. The minimum atomic E-state index is -1.03. The third-order valence-corrected chi connectivity index (χ3v) is 4.10. The summed E-state index contributed by atoms with van der Waals surface area (Å²) in [5.41, 5.74) is -1.89. The van der Waals surface area contributed by atoms with Crippen LogP contribution in [-0.2, 0) is 28.6 Å². The van der Waals surface area contributed by atoms with Crippen LogP contribution in [0.1, 0.15) is 53.9 Å². The van der Waals surface area contributed by atoms with Crippen molar-refractivity contribution in [3.8, 4) is 0 Å². The van der Waals surface area contributed by atoms with Gasteiger partial charge in [0.2, 0.25) is 0 Å². The highest BCUT2D eigenvalue weighted by atomic mass is 16.5. The lowest BCUT2D eigenvalue weighted by Crippen LogP contribution is -2.56. The third-order valence-electron chi connectivity index (χ3n) is 4.10. The molecule has 0 spiro atoms. The summed E-state index contributed by atoms with van der Waals surface area (Å²) < 4.78 is 15.9. The molecule has 0 rings (SSSR count). The van der Waals surface area contributed by atoms with Crippen LogP contribution in [-0.4, -0.2) is 48.8 Å². The van der Waals surface area contributed by atoms with Crippen LogP contribution in [0, 0.1) is 5.92 Å². The molecule has 28 heavy (non-hydrogen) atoms. The molecular weight excluding hydrogens is 362 g/mol. The van der Waals surface area contributed by atoms with E-state index in [0.29, 0.717) is 25.4 Å². The number of ether oxygens (including phenoxy) is 3. The standard InChI is InChI=1S/C21H35NO6/c1-8-17(23)26-13-10-12-21(7,15-27-18(24)9-2)22-19(25)20(5,6)28-14-11-16(3)4/h8-9,16H,1-2,10-15H2,3-7H3,(H,22,25). The molecule has 1 N–H and O–H groups in total. The van der Waals surface area contributed by atoms with Crippen LogP contribution >= 0.6 is 0 Å². The van der Waals surface area contributed by atoms with Gasteiger partial charge in [-0.15, -0.1) is 0 Å². The van der Waals surface area contributed by atoms with Crippen molar-refractivity contribution in [2.75, 3.05) is 19.8 Å². The number of carbonyl (C=O) groups excluding carboxylic acids is 3. The Bertz CT molecular complexity index is 555. The molecule has 7 heteroatoms. The first-order valence-electron chi connectivity index (χ1n) is 9.50. The van der Waals surface area contributed by atoms with E-state index in [1.807, 2.05) is 0 Å². The minimum Gasteiger partial charge on any atom is -0.463 e. The number of rotatable bonds is 14. The van der Waals surface area contributed by atoms with Crippen LogP contribution < -0.4 is 5.32 Å². The topological polar surface area (TPSA) is 90.9 Å². The van der Waals surface area contributed by atoms with Crippen LogP contribution in [0.15, 0.2) is 25.3 Å². The normalized spacial score (nSPS) is 13.4. The van der Waals surface area contributed by atoms with Crippen molar-refractivity contribution in [3.05, 3.63) is 25.3 Å². The molecular formula is C21H35NO6. The minimum absolute atomic E-state index is 0.0406. The van der Waals surface area contributed by atoms with Gasteiger partial charge >= 0.3 is 11.9 Å². The zero-order valence-electron chi connectivity index (χ0n) is 17.8. The van der Waals surface area contributed by atoms with E-state index in [2.05, 4.69) is 32.3 Å². The monoisotopic (exact) mass is 397 g/mol. The second-order valence-corrected chi connectivity index (χ2v) is 7.84. The summed E-state index contributed by atoms with van der Waals surface area (Å²) in [6.07, 6.45) is 3.89. The molecule has 0 aromatic carbocycles. The lowest BCUT2D eigenvalue weighted by atomic mass is 9.95. The number of amides is 1. The van der Waals surface area contributed by atoms with E-state index in [-0.39, 0.29) is 19.1 Å². The number of nitrogens with one attached hydrogen (secondary N) is 1. The quantitative estimate of drug-likeness (QED) is 0.275. The van der Waals surface area contributed by atoms with Gasteiger partial charge < -0.3 is 19.5 Å². The fraction of sp³-hybridized carbons (Fsp3) is 0.667. The van der Waals surface area contributed by atoms with Crippen LogP contribution in [0.3, 0.4) is 0 Å². The predicted octanol–water partition coefficient (Wildman–Crippen LogP) is 2.94. The summed E-state index contributed by atoms with van der Waals surface area (Å²) in [5, 5.41) is 2.92. The van der Waals surface area contributed by atoms with Crippen molar-refractivity contribution in [3.63, 3.8) is 0 Å². The number of hydrogen-bond donors (Lipinski definition) is 1. The van der Waals surface area contributed by atoms with Crippen molar-refractivity contribution in [2.24, 2.45) is 5.92 Å². The van der Waals surface area contributed by atoms with E-state index in [1.165, 1.54) is 0 Å². The number of esters is 2. The van der Waals surface area contributed by atoms with E-state index in [1.54, 1.807) is 20.8 Å². The highest BCUT2D eigenvalue weighted by Crippen LogP contribution is 2.18. The van der Waals surface area contributed by atoms with E-state index in [4.69, 9.17) is 14.2 Å². The van der Waals surface area contributed by atoms with Gasteiger partial charge in [0.15, 0.2) is 0 Å². The molecule has 1 atom stereocenters. The molecule has 0 fully saturated rings. The van der Waals surface area contributed by atoms with Crippen molar-refractivity contribution in [1.29, 1.82) is 0 Å². The molecule has 0 bridgehead atoms. The molecule has 0 saturated heterocycles. The van der Waals surface area contributed by atoms with E-state index >= 15 is 0 Å². The molecule has 1 unspecified atom stereocenters. The third kappa shape index (κ3) is 10.9. The lowest BCUT2D eigenvalue weighted by molar-refractivity contribution is -0.149. The zero-order chi connectivity index (χ0) is 21.8. The Morgan fingerprint density at radius 1 is 1.00 bits per heavy atom. The average Bonchev–Trinajstić information content (AvgIpc) is 2.62. The van der Waals surface area contributed by atoms with E-state index in [0.717, 1.165) is 18.6 Å². The first kappa shape index (κ1) is 25.9. The fourth-order valence-electron chi connectivity index (χ4n) is 2.19. The molecule has 0 aromatic heterocycles. The molecule has 0 saturated carbocycles. The van der Waals surface area contributed by atoms with Gasteiger partial charge in [-0.1, -0.05) is 27.0 Å². The first-order chi connectivity index (χ1) is 13.0. The number of hydrogen-bond acceptors (Lipinski definition) is 6. The largest absolute Gasteiger partial charge is 0.463 e. The zero-order valence-corrected chi connectivity index (χ0v) is 17.8. The maximum Gasteiger partial charge on any atom is 0.330 e. The maximum absolute atomic E-state index is 12.8. The smallest absolute Gasteiger partial charge is 0.330 e. The molecule has 160 valence electrons. The SMILES string of the molecule is C=CC(=O)OCCCC(C)(COC(=O)C=C)NC(=O)C(C)(C)OCCC(C)C. The second-order valence-electron chi connectivity index (χ2n) is 7.84. The highest BCUT2D eigenvalue weighted by Gasteiger charge is 2.35. The van der Waals surface area contributed by atoms with Gasteiger partial charge in [0, 0.05) is 18.8 Å². The Balaban J connectivity index is 4.93. The molecule has 1 amide bonds. The first-order valence-corrected chi connectivity index (χ1v) is 9.50. The van der Waals surface area contributed by atoms with Crippen molar-refractivity contribution < 1.29 is 28.6 Å². The molecule has 0 radical (unpaired) electrons. The van der Waals surface area contributed by atoms with Crippen molar-refractivity contribution in [2.45, 2.75) is 65.0 Å². The van der Waals surface area contributed by atoms with Crippen LogP contribution in [0.5, 0.6) is 0 Å². The second kappa shape index (κ2) is 12.3. The Kier molecular flexibility index (Phi) is 11.4. The lowest BCUT2D eigenvalue weighted by Gasteiger charge is -2.34.